The van der Waals surface area contributed by atoms with Crippen LogP contribution in [0.5, 0.6) is 0 Å². The zero-order valence-electron chi connectivity index (χ0n) is 15.2. The van der Waals surface area contributed by atoms with E-state index in [1.165, 1.54) is 18.2 Å². The van der Waals surface area contributed by atoms with Gasteiger partial charge >= 0.3 is 6.18 Å². The summed E-state index contributed by atoms with van der Waals surface area (Å²) in [6.45, 7) is 1.96. The van der Waals surface area contributed by atoms with E-state index in [9.17, 15) is 18.4 Å². The molecule has 0 aliphatic carbocycles. The molecule has 144 valence electrons. The van der Waals surface area contributed by atoms with E-state index in [1.54, 1.807) is 12.1 Å². The maximum absolute atomic E-state index is 12.9. The van der Waals surface area contributed by atoms with Crippen LogP contribution in [0.2, 0.25) is 0 Å². The number of allylic oxidation sites excluding steroid dienone is 1. The second-order valence-corrected chi connectivity index (χ2v) is 6.56. The third kappa shape index (κ3) is 3.78. The molecule has 29 heavy (non-hydrogen) atoms. The summed E-state index contributed by atoms with van der Waals surface area (Å²) in [5.74, 6) is 1.01. The Hall–Kier alpha value is -3.79. The second-order valence-electron chi connectivity index (χ2n) is 6.56. The fourth-order valence-corrected chi connectivity index (χ4v) is 2.98. The molecule has 0 saturated carbocycles. The number of fused-ring (bicyclic) bond motifs is 1. The highest BCUT2D eigenvalue weighted by Gasteiger charge is 2.30. The number of nitrogens with one attached hydrogen (secondary N) is 1. The van der Waals surface area contributed by atoms with Gasteiger partial charge in [0.1, 0.15) is 23.4 Å². The number of aromatic nitrogens is 2. The normalized spacial score (nSPS) is 12.3. The first-order valence-electron chi connectivity index (χ1n) is 8.69. The van der Waals surface area contributed by atoms with Crippen LogP contribution in [0.3, 0.4) is 0 Å². The van der Waals surface area contributed by atoms with Gasteiger partial charge in [-0.15, -0.1) is 0 Å². The van der Waals surface area contributed by atoms with E-state index >= 15 is 0 Å². The zero-order valence-corrected chi connectivity index (χ0v) is 15.2. The van der Waals surface area contributed by atoms with Gasteiger partial charge < -0.3 is 9.40 Å². The molecule has 0 radical (unpaired) electrons. The molecule has 0 saturated heterocycles. The number of aryl methyl sites for hydroxylation is 1. The first-order chi connectivity index (χ1) is 13.8. The lowest BCUT2D eigenvalue weighted by molar-refractivity contribution is -0.137. The highest BCUT2D eigenvalue weighted by Crippen LogP contribution is 2.33. The van der Waals surface area contributed by atoms with Crippen LogP contribution >= 0.6 is 0 Å². The molecule has 0 aliphatic rings. The summed E-state index contributed by atoms with van der Waals surface area (Å²) in [4.78, 5) is 7.51. The number of nitriles is 1. The minimum absolute atomic E-state index is 0.254. The highest BCUT2D eigenvalue weighted by atomic mass is 19.4. The van der Waals surface area contributed by atoms with Gasteiger partial charge in [-0.2, -0.15) is 18.4 Å². The Morgan fingerprint density at radius 3 is 2.72 bits per heavy atom. The standard InChI is InChI=1S/C22H14F3N3O/c1-13-5-7-18-19(9-13)28-21(27-18)15(12-26)11-17-6-8-20(29-17)14-3-2-4-16(10-14)22(23,24)25/h2-11H,1H3,(H,27,28). The number of halogens is 3. The van der Waals surface area contributed by atoms with E-state index in [0.29, 0.717) is 17.1 Å². The second kappa shape index (κ2) is 6.99. The molecule has 0 fully saturated rings. The molecule has 0 bridgehead atoms. The topological polar surface area (TPSA) is 65.6 Å². The number of alkyl halides is 3. The molecule has 2 aromatic carbocycles. The molecular weight excluding hydrogens is 379 g/mol. The number of hydrogen-bond acceptors (Lipinski definition) is 3. The van der Waals surface area contributed by atoms with E-state index in [4.69, 9.17) is 4.42 Å². The maximum atomic E-state index is 12.9. The van der Waals surface area contributed by atoms with Crippen molar-refractivity contribution < 1.29 is 17.6 Å². The molecule has 2 aromatic heterocycles. The summed E-state index contributed by atoms with van der Waals surface area (Å²) < 4.78 is 44.4. The van der Waals surface area contributed by atoms with Crippen LogP contribution in [0.4, 0.5) is 13.2 Å². The highest BCUT2D eigenvalue weighted by molar-refractivity contribution is 5.89. The van der Waals surface area contributed by atoms with E-state index < -0.39 is 11.7 Å². The number of rotatable bonds is 3. The summed E-state index contributed by atoms with van der Waals surface area (Å²) in [6, 6.07) is 15.9. The predicted molar refractivity (Wildman–Crippen MR) is 103 cm³/mol. The average molecular weight is 393 g/mol. The summed E-state index contributed by atoms with van der Waals surface area (Å²) in [5.41, 5.74) is 2.41. The van der Waals surface area contributed by atoms with Crippen molar-refractivity contribution in [1.82, 2.24) is 9.97 Å². The monoisotopic (exact) mass is 393 g/mol. The molecule has 2 heterocycles. The third-order valence-corrected chi connectivity index (χ3v) is 4.40. The van der Waals surface area contributed by atoms with Crippen LogP contribution in [0, 0.1) is 18.3 Å². The molecule has 4 aromatic rings. The van der Waals surface area contributed by atoms with E-state index in [0.717, 1.165) is 28.7 Å². The van der Waals surface area contributed by atoms with Gasteiger partial charge in [0.05, 0.1) is 22.2 Å². The molecular formula is C22H14F3N3O. The van der Waals surface area contributed by atoms with Gasteiger partial charge in [-0.3, -0.25) is 0 Å². The number of benzene rings is 2. The summed E-state index contributed by atoms with van der Waals surface area (Å²) >= 11 is 0. The summed E-state index contributed by atoms with van der Waals surface area (Å²) in [6.07, 6.45) is -2.93. The van der Waals surface area contributed by atoms with Crippen molar-refractivity contribution in [2.24, 2.45) is 0 Å². The fraction of sp³-hybridized carbons (Fsp3) is 0.0909. The molecule has 0 spiro atoms. The molecule has 4 nitrogen and oxygen atoms in total. The molecule has 4 rings (SSSR count). The number of H-pyrrole nitrogens is 1. The Bertz CT molecular complexity index is 1270. The molecule has 7 heteroatoms. The fourth-order valence-electron chi connectivity index (χ4n) is 2.98. The van der Waals surface area contributed by atoms with Gasteiger partial charge in [0.2, 0.25) is 0 Å². The predicted octanol–water partition coefficient (Wildman–Crippen LogP) is 6.21. The number of hydrogen-bond donors (Lipinski definition) is 1. The van der Waals surface area contributed by atoms with Crippen molar-refractivity contribution in [3.05, 3.63) is 77.3 Å². The summed E-state index contributed by atoms with van der Waals surface area (Å²) in [7, 11) is 0. The first-order valence-corrected chi connectivity index (χ1v) is 8.69. The Morgan fingerprint density at radius 2 is 1.97 bits per heavy atom. The molecule has 1 N–H and O–H groups in total. The van der Waals surface area contributed by atoms with Crippen LogP contribution in [0.25, 0.3) is 34.0 Å². The van der Waals surface area contributed by atoms with Gasteiger partial charge in [-0.1, -0.05) is 18.2 Å². The van der Waals surface area contributed by atoms with Gasteiger partial charge in [-0.25, -0.2) is 4.98 Å². The summed E-state index contributed by atoms with van der Waals surface area (Å²) in [5, 5.41) is 9.53. The van der Waals surface area contributed by atoms with Crippen molar-refractivity contribution in [3.63, 3.8) is 0 Å². The van der Waals surface area contributed by atoms with Gasteiger partial charge in [0, 0.05) is 11.6 Å². The van der Waals surface area contributed by atoms with E-state index in [-0.39, 0.29) is 11.3 Å². The minimum Gasteiger partial charge on any atom is -0.457 e. The number of aromatic amines is 1. The zero-order chi connectivity index (χ0) is 20.6. The smallest absolute Gasteiger partial charge is 0.416 e. The van der Waals surface area contributed by atoms with Crippen molar-refractivity contribution in [2.45, 2.75) is 13.1 Å². The van der Waals surface area contributed by atoms with Crippen molar-refractivity contribution >= 4 is 22.7 Å². The first kappa shape index (κ1) is 18.6. The van der Waals surface area contributed by atoms with Crippen LogP contribution in [0.1, 0.15) is 22.7 Å². The Balaban J connectivity index is 1.68. The molecule has 0 atom stereocenters. The average Bonchev–Trinajstić information content (AvgIpc) is 3.32. The largest absolute Gasteiger partial charge is 0.457 e. The Labute approximate surface area is 163 Å². The lowest BCUT2D eigenvalue weighted by Crippen LogP contribution is -2.04. The lowest BCUT2D eigenvalue weighted by atomic mass is 10.1. The molecule has 0 amide bonds. The number of furan rings is 1. The van der Waals surface area contributed by atoms with Gasteiger partial charge in [0.15, 0.2) is 0 Å². The quantitative estimate of drug-likeness (QED) is 0.421. The Kier molecular flexibility index (Phi) is 4.47. The van der Waals surface area contributed by atoms with Crippen molar-refractivity contribution in [3.8, 4) is 17.4 Å². The maximum Gasteiger partial charge on any atom is 0.416 e. The molecule has 0 unspecified atom stereocenters. The third-order valence-electron chi connectivity index (χ3n) is 4.40. The lowest BCUT2D eigenvalue weighted by Gasteiger charge is -2.07. The van der Waals surface area contributed by atoms with Gasteiger partial charge in [0.25, 0.3) is 0 Å². The van der Waals surface area contributed by atoms with Crippen LogP contribution in [-0.4, -0.2) is 9.97 Å². The Morgan fingerprint density at radius 1 is 1.14 bits per heavy atom. The minimum atomic E-state index is -4.43. The van der Waals surface area contributed by atoms with Crippen LogP contribution in [-0.2, 0) is 6.18 Å². The van der Waals surface area contributed by atoms with Crippen LogP contribution in [0.15, 0.2) is 59.0 Å². The van der Waals surface area contributed by atoms with Crippen molar-refractivity contribution in [2.75, 3.05) is 0 Å². The number of nitrogens with zero attached hydrogens (tertiary/aromatic N) is 2. The van der Waals surface area contributed by atoms with E-state index in [1.807, 2.05) is 25.1 Å². The number of imidazole rings is 1. The van der Waals surface area contributed by atoms with Crippen LogP contribution < -0.4 is 0 Å². The molecule has 0 aliphatic heterocycles. The SMILES string of the molecule is Cc1ccc2nc(C(C#N)=Cc3ccc(-c4cccc(C(F)(F)F)c4)o3)[nH]c2c1. The van der Waals surface area contributed by atoms with Gasteiger partial charge in [-0.05, 0) is 48.9 Å². The van der Waals surface area contributed by atoms with Crippen molar-refractivity contribution in [1.29, 1.82) is 5.26 Å². The van der Waals surface area contributed by atoms with E-state index in [2.05, 4.69) is 16.0 Å².